The van der Waals surface area contributed by atoms with Crippen molar-refractivity contribution in [3.63, 3.8) is 0 Å². The van der Waals surface area contributed by atoms with Crippen LogP contribution in [0.1, 0.15) is 23.6 Å². The number of hydrogen-bond acceptors (Lipinski definition) is 5. The van der Waals surface area contributed by atoms with Crippen LogP contribution in [0.3, 0.4) is 0 Å². The molecule has 0 saturated carbocycles. The van der Waals surface area contributed by atoms with Crippen LogP contribution in [0.4, 0.5) is 4.39 Å². The number of likely N-dealkylation sites (tertiary alicyclic amines) is 1. The number of aliphatic hydroxyl groups is 1. The maximum atomic E-state index is 14.8. The lowest BCUT2D eigenvalue weighted by Crippen LogP contribution is -2.31. The third kappa shape index (κ3) is 3.99. The van der Waals surface area contributed by atoms with Crippen molar-refractivity contribution in [1.29, 1.82) is 0 Å². The first-order chi connectivity index (χ1) is 15.5. The van der Waals surface area contributed by atoms with Crippen molar-refractivity contribution < 1.29 is 23.8 Å². The summed E-state index contributed by atoms with van der Waals surface area (Å²) >= 11 is 0. The highest BCUT2D eigenvalue weighted by molar-refractivity contribution is 6.46. The summed E-state index contributed by atoms with van der Waals surface area (Å²) in [6, 6.07) is 11.4. The third-order valence-electron chi connectivity index (χ3n) is 5.46. The van der Waals surface area contributed by atoms with Gasteiger partial charge in [0.05, 0.1) is 25.1 Å². The largest absolute Gasteiger partial charge is 0.507 e. The molecule has 3 aromatic rings. The van der Waals surface area contributed by atoms with Gasteiger partial charge < -0.3 is 19.3 Å². The van der Waals surface area contributed by atoms with Crippen LogP contribution in [0.25, 0.3) is 5.76 Å². The van der Waals surface area contributed by atoms with Crippen LogP contribution in [0.15, 0.2) is 72.8 Å². The van der Waals surface area contributed by atoms with Gasteiger partial charge in [0.15, 0.2) is 0 Å². The number of aliphatic hydroxyl groups excluding tert-OH is 1. The minimum absolute atomic E-state index is 0.143. The van der Waals surface area contributed by atoms with Gasteiger partial charge in [-0.3, -0.25) is 9.59 Å². The summed E-state index contributed by atoms with van der Waals surface area (Å²) in [5, 5.41) is 11.0. The second-order valence-electron chi connectivity index (χ2n) is 7.40. The SMILES string of the molecule is COc1cccc(/C(O)=C2/C(=O)C(=O)N(CCCn3ccnc3)C2c2ccccc2F)c1. The van der Waals surface area contributed by atoms with Crippen molar-refractivity contribution in [2.75, 3.05) is 13.7 Å². The van der Waals surface area contributed by atoms with Crippen molar-refractivity contribution in [1.82, 2.24) is 14.5 Å². The number of halogens is 1. The van der Waals surface area contributed by atoms with Gasteiger partial charge in [0, 0.05) is 36.6 Å². The Morgan fingerprint density at radius 3 is 2.69 bits per heavy atom. The minimum Gasteiger partial charge on any atom is -0.507 e. The molecule has 0 radical (unpaired) electrons. The van der Waals surface area contributed by atoms with Crippen LogP contribution in [-0.2, 0) is 16.1 Å². The number of hydrogen-bond donors (Lipinski definition) is 1. The fourth-order valence-electron chi connectivity index (χ4n) is 3.90. The molecule has 1 atom stereocenters. The van der Waals surface area contributed by atoms with Crippen LogP contribution in [0.2, 0.25) is 0 Å². The van der Waals surface area contributed by atoms with Crippen LogP contribution in [0, 0.1) is 5.82 Å². The van der Waals surface area contributed by atoms with Crippen LogP contribution >= 0.6 is 0 Å². The Morgan fingerprint density at radius 2 is 1.97 bits per heavy atom. The number of Topliss-reactive ketones (excluding diaryl/α,β-unsaturated/α-hetero) is 1. The molecule has 0 bridgehead atoms. The van der Waals surface area contributed by atoms with E-state index >= 15 is 0 Å². The number of aryl methyl sites for hydroxylation is 1. The van der Waals surface area contributed by atoms with Gasteiger partial charge >= 0.3 is 0 Å². The maximum Gasteiger partial charge on any atom is 0.295 e. The summed E-state index contributed by atoms with van der Waals surface area (Å²) < 4.78 is 21.8. The van der Waals surface area contributed by atoms with E-state index in [2.05, 4.69) is 4.98 Å². The summed E-state index contributed by atoms with van der Waals surface area (Å²) in [5.74, 6) is -2.07. The van der Waals surface area contributed by atoms with E-state index in [-0.39, 0.29) is 23.4 Å². The molecule has 7 nitrogen and oxygen atoms in total. The van der Waals surface area contributed by atoms with E-state index in [9.17, 15) is 19.1 Å². The van der Waals surface area contributed by atoms with Gasteiger partial charge in [0.2, 0.25) is 0 Å². The molecule has 0 spiro atoms. The summed E-state index contributed by atoms with van der Waals surface area (Å²) in [6.07, 6.45) is 5.63. The standard InChI is InChI=1S/C24H22FN3O4/c1-32-17-7-4-6-16(14-17)22(29)20-21(18-8-2-3-9-19(18)25)28(24(31)23(20)30)12-5-11-27-13-10-26-15-27/h2-4,6-10,13-15,21,29H,5,11-12H2,1H3/b22-20-. The number of methoxy groups -OCH3 is 1. The first-order valence-electron chi connectivity index (χ1n) is 10.1. The zero-order chi connectivity index (χ0) is 22.7. The molecule has 1 fully saturated rings. The molecule has 1 saturated heterocycles. The summed E-state index contributed by atoms with van der Waals surface area (Å²) in [7, 11) is 1.48. The Bertz CT molecular complexity index is 1170. The molecule has 2 aromatic carbocycles. The topological polar surface area (TPSA) is 84.7 Å². The van der Waals surface area contributed by atoms with E-state index in [1.807, 2.05) is 4.57 Å². The Balaban J connectivity index is 1.76. The molecule has 8 heteroatoms. The molecular weight excluding hydrogens is 413 g/mol. The second-order valence-corrected chi connectivity index (χ2v) is 7.40. The molecule has 1 unspecified atom stereocenters. The first-order valence-corrected chi connectivity index (χ1v) is 10.1. The lowest BCUT2D eigenvalue weighted by atomic mass is 9.95. The van der Waals surface area contributed by atoms with E-state index in [4.69, 9.17) is 4.74 Å². The summed E-state index contributed by atoms with van der Waals surface area (Å²) in [4.78, 5) is 31.2. The quantitative estimate of drug-likeness (QED) is 0.349. The number of amides is 1. The smallest absolute Gasteiger partial charge is 0.295 e. The van der Waals surface area contributed by atoms with Gasteiger partial charge in [-0.15, -0.1) is 0 Å². The molecule has 2 heterocycles. The van der Waals surface area contributed by atoms with Crippen LogP contribution < -0.4 is 4.74 Å². The van der Waals surface area contributed by atoms with E-state index in [0.29, 0.717) is 24.3 Å². The molecule has 1 N–H and O–H groups in total. The Labute approximate surface area is 184 Å². The Kier molecular flexibility index (Phi) is 6.02. The molecule has 1 aliphatic rings. The van der Waals surface area contributed by atoms with Gasteiger partial charge in [-0.2, -0.15) is 0 Å². The van der Waals surface area contributed by atoms with Crippen molar-refractivity contribution in [2.24, 2.45) is 0 Å². The molecule has 32 heavy (non-hydrogen) atoms. The third-order valence-corrected chi connectivity index (χ3v) is 5.46. The van der Waals surface area contributed by atoms with E-state index < -0.39 is 23.5 Å². The fourth-order valence-corrected chi connectivity index (χ4v) is 3.90. The van der Waals surface area contributed by atoms with Crippen molar-refractivity contribution in [2.45, 2.75) is 19.0 Å². The molecule has 1 aliphatic heterocycles. The minimum atomic E-state index is -1.04. The van der Waals surface area contributed by atoms with Gasteiger partial charge in [0.1, 0.15) is 17.3 Å². The van der Waals surface area contributed by atoms with Crippen molar-refractivity contribution >= 4 is 17.4 Å². The van der Waals surface area contributed by atoms with Gasteiger partial charge in [0.25, 0.3) is 11.7 Å². The van der Waals surface area contributed by atoms with Crippen molar-refractivity contribution in [3.05, 3.63) is 89.8 Å². The van der Waals surface area contributed by atoms with Gasteiger partial charge in [-0.25, -0.2) is 9.37 Å². The number of rotatable bonds is 7. The molecule has 1 aromatic heterocycles. The van der Waals surface area contributed by atoms with Gasteiger partial charge in [-0.05, 0) is 24.6 Å². The monoisotopic (exact) mass is 435 g/mol. The number of imidazole rings is 1. The predicted octanol–water partition coefficient (Wildman–Crippen LogP) is 3.54. The average Bonchev–Trinajstić information content (AvgIpc) is 3.41. The Hall–Kier alpha value is -3.94. The lowest BCUT2D eigenvalue weighted by molar-refractivity contribution is -0.140. The number of carbonyl (C=O) groups excluding carboxylic acids is 2. The summed E-state index contributed by atoms with van der Waals surface area (Å²) in [5.41, 5.74) is 0.317. The van der Waals surface area contributed by atoms with Crippen molar-refractivity contribution in [3.8, 4) is 5.75 Å². The number of ketones is 1. The number of benzene rings is 2. The maximum absolute atomic E-state index is 14.8. The first kappa shape index (κ1) is 21.3. The normalized spacial score (nSPS) is 17.7. The molecular formula is C24H22FN3O4. The highest BCUT2D eigenvalue weighted by atomic mass is 19.1. The van der Waals surface area contributed by atoms with E-state index in [1.165, 1.54) is 30.2 Å². The highest BCUT2D eigenvalue weighted by Gasteiger charge is 2.46. The van der Waals surface area contributed by atoms with Crippen LogP contribution in [0.5, 0.6) is 5.75 Å². The number of aromatic nitrogens is 2. The van der Waals surface area contributed by atoms with Crippen LogP contribution in [-0.4, -0.2) is 44.9 Å². The second kappa shape index (κ2) is 9.05. The summed E-state index contributed by atoms with van der Waals surface area (Å²) in [6.45, 7) is 0.777. The van der Waals surface area contributed by atoms with Gasteiger partial charge in [-0.1, -0.05) is 30.3 Å². The molecule has 0 aliphatic carbocycles. The Morgan fingerprint density at radius 1 is 1.16 bits per heavy atom. The number of nitrogens with zero attached hydrogens (tertiary/aromatic N) is 3. The average molecular weight is 435 g/mol. The van der Waals surface area contributed by atoms with E-state index in [1.54, 1.807) is 49.1 Å². The number of ether oxygens (including phenoxy) is 1. The fraction of sp³-hybridized carbons (Fsp3) is 0.208. The lowest BCUT2D eigenvalue weighted by Gasteiger charge is -2.25. The molecule has 4 rings (SSSR count). The number of carbonyl (C=O) groups is 2. The molecule has 164 valence electrons. The zero-order valence-electron chi connectivity index (χ0n) is 17.4. The zero-order valence-corrected chi connectivity index (χ0v) is 17.4. The predicted molar refractivity (Wildman–Crippen MR) is 115 cm³/mol. The van der Waals surface area contributed by atoms with E-state index in [0.717, 1.165) is 0 Å². The highest BCUT2D eigenvalue weighted by Crippen LogP contribution is 2.40. The molecule has 1 amide bonds.